The molecule has 6 nitrogen and oxygen atoms in total. The maximum atomic E-state index is 16.1. The highest BCUT2D eigenvalue weighted by molar-refractivity contribution is 7.00. The molecule has 474 valence electrons. The molecule has 0 atom stereocenters. The zero-order valence-corrected chi connectivity index (χ0v) is 55.8. The largest absolute Gasteiger partial charge is 0.310 e. The van der Waals surface area contributed by atoms with E-state index in [0.29, 0.717) is 0 Å². The highest BCUT2D eigenvalue weighted by Gasteiger charge is 2.46. The first-order valence-electron chi connectivity index (χ1n) is 34.0. The van der Waals surface area contributed by atoms with Crippen LogP contribution in [-0.4, -0.2) is 25.8 Å². The van der Waals surface area contributed by atoms with Crippen LogP contribution in [0.3, 0.4) is 0 Å². The molecule has 2 aliphatic rings. The second kappa shape index (κ2) is 22.9. The molecule has 0 saturated carbocycles. The minimum atomic E-state index is -0.397. The first-order chi connectivity index (χ1) is 48.2. The van der Waals surface area contributed by atoms with Gasteiger partial charge in [0.25, 0.3) is 6.71 Å². The number of pyridine rings is 2. The molecular weight excluding hydrogens is 1210 g/mol. The normalized spacial score (nSPS) is 12.8. The summed E-state index contributed by atoms with van der Waals surface area (Å²) in [5.74, 6) is -0.619. The van der Waals surface area contributed by atoms with Gasteiger partial charge in [-0.2, -0.15) is 0 Å². The van der Waals surface area contributed by atoms with Gasteiger partial charge in [-0.3, -0.25) is 9.97 Å². The van der Waals surface area contributed by atoms with Gasteiger partial charge in [-0.15, -0.1) is 0 Å². The summed E-state index contributed by atoms with van der Waals surface area (Å²) >= 11 is 0. The summed E-state index contributed by atoms with van der Waals surface area (Å²) in [5, 5.41) is 3.99. The van der Waals surface area contributed by atoms with Crippen LogP contribution in [0.2, 0.25) is 0 Å². The van der Waals surface area contributed by atoms with Crippen LogP contribution in [0.1, 0.15) is 52.7 Å². The molecular formula is C90H67BF2N6. The first-order valence-corrected chi connectivity index (χ1v) is 34.0. The van der Waals surface area contributed by atoms with Gasteiger partial charge in [0, 0.05) is 103 Å². The van der Waals surface area contributed by atoms with Crippen LogP contribution in [0, 0.1) is 11.6 Å². The van der Waals surface area contributed by atoms with Crippen molar-refractivity contribution in [2.45, 2.75) is 52.4 Å². The fraction of sp³-hybridized carbons (Fsp3) is 0.0889. The van der Waals surface area contributed by atoms with Crippen molar-refractivity contribution in [1.82, 2.24) is 19.1 Å². The highest BCUT2D eigenvalue weighted by Crippen LogP contribution is 2.54. The molecule has 2 aliphatic heterocycles. The van der Waals surface area contributed by atoms with Crippen molar-refractivity contribution in [2.24, 2.45) is 0 Å². The molecule has 0 saturated heterocycles. The van der Waals surface area contributed by atoms with Crippen LogP contribution in [-0.2, 0) is 10.8 Å². The van der Waals surface area contributed by atoms with Gasteiger partial charge in [0.05, 0.1) is 33.4 Å². The molecule has 0 aliphatic carbocycles. The molecule has 16 aromatic rings. The summed E-state index contributed by atoms with van der Waals surface area (Å²) in [4.78, 5) is 15.4. The molecule has 0 bridgehead atoms. The van der Waals surface area contributed by atoms with E-state index < -0.39 is 6.71 Å². The number of fused-ring (bicyclic) bond motifs is 10. The van der Waals surface area contributed by atoms with Crippen LogP contribution in [0.15, 0.2) is 298 Å². The lowest BCUT2D eigenvalue weighted by atomic mass is 9.33. The maximum absolute atomic E-state index is 16.1. The SMILES string of the molecule is CC(C)(C)c1cc(-c2cc3c4c(c2)N(c2c(-c5ccccc5)cncc2-c2ccccc2)c2cc(-n5c6ccccc6c6ccc(F)cc65)ccc2B4c2ccc(-n4c5ccccc5c5ccc(F)cc54)cc2N3c2c(-c3ccccc3)cncc2-c2ccccc2)cc(C(C)(C)C)c1. The summed E-state index contributed by atoms with van der Waals surface area (Å²) in [6, 6.07) is 95.7. The molecule has 99 heavy (non-hydrogen) atoms. The van der Waals surface area contributed by atoms with Gasteiger partial charge in [0.1, 0.15) is 11.6 Å². The van der Waals surface area contributed by atoms with E-state index >= 15 is 8.78 Å². The molecule has 9 heteroatoms. The third kappa shape index (κ3) is 9.73. The van der Waals surface area contributed by atoms with Gasteiger partial charge in [-0.1, -0.05) is 230 Å². The van der Waals surface area contributed by atoms with Crippen LogP contribution < -0.4 is 26.2 Å². The van der Waals surface area contributed by atoms with Crippen molar-refractivity contribution in [3.05, 3.63) is 321 Å². The predicted octanol–water partition coefficient (Wildman–Crippen LogP) is 22.0. The van der Waals surface area contributed by atoms with Crippen molar-refractivity contribution in [3.63, 3.8) is 0 Å². The third-order valence-corrected chi connectivity index (χ3v) is 20.4. The Kier molecular flexibility index (Phi) is 13.7. The second-order valence-electron chi connectivity index (χ2n) is 28.5. The van der Waals surface area contributed by atoms with Gasteiger partial charge in [-0.05, 0) is 157 Å². The van der Waals surface area contributed by atoms with Crippen LogP contribution in [0.5, 0.6) is 0 Å². The average molecular weight is 1280 g/mol. The Labute approximate surface area is 575 Å². The quantitative estimate of drug-likeness (QED) is 0.135. The second-order valence-corrected chi connectivity index (χ2v) is 28.5. The average Bonchev–Trinajstić information content (AvgIpc) is 1.14. The molecule has 6 heterocycles. The highest BCUT2D eigenvalue weighted by atomic mass is 19.1. The summed E-state index contributed by atoms with van der Waals surface area (Å²) in [6.07, 6.45) is 8.11. The fourth-order valence-electron chi connectivity index (χ4n) is 15.7. The Morgan fingerprint density at radius 1 is 0.303 bits per heavy atom. The molecule has 12 aromatic carbocycles. The number of rotatable bonds is 9. The van der Waals surface area contributed by atoms with E-state index in [1.165, 1.54) is 11.1 Å². The number of aromatic nitrogens is 4. The Morgan fingerprint density at radius 2 is 0.646 bits per heavy atom. The van der Waals surface area contributed by atoms with Gasteiger partial charge >= 0.3 is 0 Å². The molecule has 0 unspecified atom stereocenters. The molecule has 0 N–H and O–H groups in total. The van der Waals surface area contributed by atoms with Crippen molar-refractivity contribution < 1.29 is 8.78 Å². The van der Waals surface area contributed by atoms with Crippen molar-refractivity contribution >= 4 is 101 Å². The Bertz CT molecular complexity index is 5460. The van der Waals surface area contributed by atoms with E-state index in [1.54, 1.807) is 24.3 Å². The number of anilines is 6. The minimum Gasteiger partial charge on any atom is -0.310 e. The van der Waals surface area contributed by atoms with E-state index in [1.807, 2.05) is 36.9 Å². The number of halogens is 2. The fourth-order valence-corrected chi connectivity index (χ4v) is 15.7. The summed E-state index contributed by atoms with van der Waals surface area (Å²) in [6.45, 7) is 13.5. The van der Waals surface area contributed by atoms with E-state index in [2.05, 4.69) is 297 Å². The zero-order chi connectivity index (χ0) is 67.0. The maximum Gasteiger partial charge on any atom is 0.252 e. The Balaban J connectivity index is 1.05. The molecule has 4 aromatic heterocycles. The van der Waals surface area contributed by atoms with Gasteiger partial charge in [-0.25, -0.2) is 8.78 Å². The number of para-hydroxylation sites is 2. The summed E-state index contributed by atoms with van der Waals surface area (Å²) < 4.78 is 36.6. The van der Waals surface area contributed by atoms with E-state index in [0.717, 1.165) is 161 Å². The number of hydrogen-bond acceptors (Lipinski definition) is 4. The van der Waals surface area contributed by atoms with E-state index in [4.69, 9.17) is 9.97 Å². The summed E-state index contributed by atoms with van der Waals surface area (Å²) in [7, 11) is 0. The van der Waals surface area contributed by atoms with Gasteiger partial charge in [0.2, 0.25) is 0 Å². The van der Waals surface area contributed by atoms with Gasteiger partial charge in [0.15, 0.2) is 0 Å². The van der Waals surface area contributed by atoms with Crippen LogP contribution in [0.4, 0.5) is 42.9 Å². The van der Waals surface area contributed by atoms with Crippen molar-refractivity contribution in [1.29, 1.82) is 0 Å². The van der Waals surface area contributed by atoms with Crippen LogP contribution in [0.25, 0.3) is 111 Å². The number of benzene rings is 12. The zero-order valence-electron chi connectivity index (χ0n) is 55.8. The first kappa shape index (κ1) is 59.6. The molecule has 0 spiro atoms. The molecule has 0 radical (unpaired) electrons. The molecule has 18 rings (SSSR count). The monoisotopic (exact) mass is 1280 g/mol. The van der Waals surface area contributed by atoms with E-state index in [-0.39, 0.29) is 22.5 Å². The smallest absolute Gasteiger partial charge is 0.252 e. The van der Waals surface area contributed by atoms with Gasteiger partial charge < -0.3 is 18.9 Å². The van der Waals surface area contributed by atoms with E-state index in [9.17, 15) is 0 Å². The lowest BCUT2D eigenvalue weighted by molar-refractivity contribution is 0.569. The molecule has 0 fully saturated rings. The lowest BCUT2D eigenvalue weighted by Gasteiger charge is -2.46. The topological polar surface area (TPSA) is 42.1 Å². The van der Waals surface area contributed by atoms with Crippen molar-refractivity contribution in [3.8, 4) is 67.0 Å². The minimum absolute atomic E-state index is 0.212. The standard InChI is InChI=1S/C90H67BF2N6/c1-89(2,3)62-43-60(44-63(47-62)90(4,5)6)61-45-84-86-85(46-61)99(88-74(58-27-15-9-16-28-58)54-95-55-75(88)59-29-17-10-18-30-59)83-51-67(97-79-34-22-20-32-69(79)71-40-36-65(93)49-81(71)97)38-42-77(83)91(86)76-41-37-66(96-78-33-21-19-31-68(78)70-39-35-64(92)48-80(70)96)50-82(76)98(84)87-72(56-23-11-7-12-24-56)52-94-53-73(87)57-25-13-8-14-26-57/h7-55H,1-6H3. The van der Waals surface area contributed by atoms with Crippen molar-refractivity contribution in [2.75, 3.05) is 9.80 Å². The molecule has 0 amide bonds. The number of nitrogens with zero attached hydrogens (tertiary/aromatic N) is 6. The predicted molar refractivity (Wildman–Crippen MR) is 409 cm³/mol. The third-order valence-electron chi connectivity index (χ3n) is 20.4. The lowest BCUT2D eigenvalue weighted by Crippen LogP contribution is -2.61. The summed E-state index contributed by atoms with van der Waals surface area (Å²) in [5.41, 5.74) is 26.2. The van der Waals surface area contributed by atoms with Crippen LogP contribution >= 0.6 is 0 Å². The Morgan fingerprint density at radius 3 is 1.02 bits per heavy atom. The Hall–Kier alpha value is -11.9. The number of hydrogen-bond donors (Lipinski definition) is 0.